The lowest BCUT2D eigenvalue weighted by atomic mass is 9.94. The van der Waals surface area contributed by atoms with E-state index in [9.17, 15) is 178 Å². The number of hydrogen-bond donors (Lipinski definition) is 35. The van der Waals surface area contributed by atoms with Crippen molar-refractivity contribution in [3.8, 4) is 0 Å². The molecule has 11 rings (SSSR count). The summed E-state index contributed by atoms with van der Waals surface area (Å²) in [5, 5.41) is 372. The van der Waals surface area contributed by atoms with Gasteiger partial charge in [-0.2, -0.15) is 0 Å². The molecule has 0 aromatic carbocycles. The molecule has 2 amide bonds. The fourth-order valence-corrected chi connectivity index (χ4v) is 16.6. The third kappa shape index (κ3) is 22.3. The van der Waals surface area contributed by atoms with Crippen molar-refractivity contribution in [1.29, 1.82) is 0 Å². The first kappa shape index (κ1) is 105. The van der Waals surface area contributed by atoms with Crippen LogP contribution in [0.15, 0.2) is 0 Å². The molecule has 11 aliphatic heterocycles. The van der Waals surface area contributed by atoms with Crippen molar-refractivity contribution in [3.63, 3.8) is 0 Å². The van der Waals surface area contributed by atoms with Crippen LogP contribution in [0.5, 0.6) is 0 Å². The van der Waals surface area contributed by atoms with E-state index in [0.29, 0.717) is 0 Å². The van der Waals surface area contributed by atoms with Gasteiger partial charge in [0.05, 0.1) is 72.7 Å². The number of carbonyl (C=O) groups excluding carboxylic acids is 2. The monoisotopic (exact) mass is 1880 g/mol. The smallest absolute Gasteiger partial charge is 0.217 e. The lowest BCUT2D eigenvalue weighted by Gasteiger charge is -2.51. The summed E-state index contributed by atoms with van der Waals surface area (Å²) >= 11 is 0. The van der Waals surface area contributed by atoms with Gasteiger partial charge in [-0.15, -0.1) is 0 Å². The number of aliphatic hydroxyl groups is 33. The van der Waals surface area contributed by atoms with Crippen molar-refractivity contribution in [2.75, 3.05) is 72.7 Å². The Balaban J connectivity index is 0.899. The highest BCUT2D eigenvalue weighted by Gasteiger charge is 2.63. The standard InChI is InChI=1S/C70H118N2O56/c1-14(83)71-27-38(94)51(24(11-81)109-60(27)107)120-61-28(72-15(2)84)39(95)52(25(12-82)118-61)121-67-50(106)56(37(93)26(119-67)13-108-62-47(103)53(34(90)21(8-78)110-62)124-68-57(42(98)31(87)18(5-75)115-68)126-64-46(102)41(97)30(86)17(4-74)112-64)125-69-59(44(100)33(89)19(6-76)116-69)128-70-58(43(99)32(88)20(7-77)117-70)127-66-49(105)55(36(92)23(10-80)114-66)123-65-48(104)54(35(91)22(9-79)113-65)122-63-45(101)40(96)29(85)16(3-73)111-63/h16-70,73-82,85-107H,3-13H2,1-2H3,(H,71,83)(H,72,84)/t16-,17-,18-,19-,20-,21-,22-,23-,24-,25-,26-,27-,28-,29-,30-,31-,32-,33-,34-,35-,36-,37-,38-,39-,40+,41+,42-,43+,44+,45-,46+,47+,48-,49+,50+,51-,52-,53+,54+,55+,56+,57+,58+,59+,60-,61+,62+,63-,64-,65-,66-,67+,68-,69-,70-/m1/s1. The molecule has 58 heteroatoms. The van der Waals surface area contributed by atoms with Gasteiger partial charge in [0.15, 0.2) is 69.2 Å². The highest BCUT2D eigenvalue weighted by Crippen LogP contribution is 2.42. The van der Waals surface area contributed by atoms with E-state index in [-0.39, 0.29) is 0 Å². The molecular formula is C70H118N2O56. The Morgan fingerprint density at radius 1 is 0.203 bits per heavy atom. The van der Waals surface area contributed by atoms with Gasteiger partial charge in [0, 0.05) is 13.8 Å². The van der Waals surface area contributed by atoms with Gasteiger partial charge in [-0.25, -0.2) is 0 Å². The Kier molecular flexibility index (Phi) is 37.7. The van der Waals surface area contributed by atoms with Crippen molar-refractivity contribution < 1.29 is 278 Å². The highest BCUT2D eigenvalue weighted by molar-refractivity contribution is 5.73. The van der Waals surface area contributed by atoms with E-state index >= 15 is 0 Å². The number of carbonyl (C=O) groups is 2. The van der Waals surface area contributed by atoms with E-state index in [1.165, 1.54) is 0 Å². The van der Waals surface area contributed by atoms with Crippen LogP contribution in [0.1, 0.15) is 13.8 Å². The number of nitrogens with one attached hydrogen (secondary N) is 2. The zero-order valence-corrected chi connectivity index (χ0v) is 67.7. The Hall–Kier alpha value is -3.22. The summed E-state index contributed by atoms with van der Waals surface area (Å²) in [5.74, 6) is -1.79. The maximum Gasteiger partial charge on any atom is 0.217 e. The summed E-state index contributed by atoms with van der Waals surface area (Å²) in [4.78, 5) is 25.3. The first-order valence-corrected chi connectivity index (χ1v) is 40.7. The van der Waals surface area contributed by atoms with E-state index in [2.05, 4.69) is 10.6 Å². The van der Waals surface area contributed by atoms with Crippen LogP contribution < -0.4 is 10.6 Å². The average Bonchev–Trinajstić information content (AvgIpc) is 0.788. The first-order valence-electron chi connectivity index (χ1n) is 40.7. The predicted octanol–water partition coefficient (Wildman–Crippen LogP) is -24.7. The van der Waals surface area contributed by atoms with E-state index in [0.717, 1.165) is 13.8 Å². The van der Waals surface area contributed by atoms with Crippen molar-refractivity contribution >= 4 is 11.8 Å². The lowest BCUT2D eigenvalue weighted by Crippen LogP contribution is -2.70. The molecule has 0 aromatic rings. The molecule has 128 heavy (non-hydrogen) atoms. The SMILES string of the molecule is CC(=O)N[C@@H]1[C@@H](O)[C@H](O[C@@H]2O[C@H](CO)[C@@H](O[C@@H]3O[C@H](CO[C@H]4O[C@H](CO)[C@@H](O)[C@H](O[C@H]5O[C@H](CO)[C@@H](O)[C@@H](O)[C@@H]5O[C@H]5O[C@H](CO)[C@@H](O)[C@H](O)[C@@H]5O)[C@@H]4O)[C@@H](O)[C@H](O[C@H]4O[C@H](CO)[C@@H](O)[C@H](O)[C@@H]4O[C@H]4O[C@H](CO)[C@@H](O)[C@H](O)[C@@H]4O[C@H]4O[C@H](CO)[C@@H](O)[C@H](O[C@H]5O[C@H](CO)[C@@H](O)[C@H](O[C@H]6O[C@H](CO)[C@@H](O)[C@H](O)[C@H]6O)[C@H]5O)[C@@H]4O)[C@@H]3O)[C@H](O)[C@H]2NC(C)=O)[C@@H](CO)O[C@H]1O. The molecule has 11 heterocycles. The molecular weight excluding hydrogens is 1760 g/mol. The minimum atomic E-state index is -2.67. The van der Waals surface area contributed by atoms with Crippen LogP contribution in [0.2, 0.25) is 0 Å². The molecule has 0 aliphatic carbocycles. The Bertz CT molecular complexity index is 3390. The summed E-state index contributed by atoms with van der Waals surface area (Å²) < 4.78 is 123. The van der Waals surface area contributed by atoms with Gasteiger partial charge in [-0.05, 0) is 0 Å². The molecule has 0 spiro atoms. The zero-order valence-electron chi connectivity index (χ0n) is 67.7. The normalized spacial score (nSPS) is 51.7. The largest absolute Gasteiger partial charge is 0.394 e. The van der Waals surface area contributed by atoms with Crippen LogP contribution in [0.3, 0.4) is 0 Å². The second-order valence-electron chi connectivity index (χ2n) is 32.3. The maximum atomic E-state index is 13.1. The number of aliphatic hydroxyl groups excluding tert-OH is 33. The van der Waals surface area contributed by atoms with Crippen LogP contribution in [-0.2, 0) is 109 Å². The Morgan fingerprint density at radius 2 is 0.422 bits per heavy atom. The summed E-state index contributed by atoms with van der Waals surface area (Å²) in [6.45, 7) is -10.8. The van der Waals surface area contributed by atoms with Gasteiger partial charge in [-0.1, -0.05) is 0 Å². The molecule has 58 nitrogen and oxygen atoms in total. The average molecular weight is 1880 g/mol. The molecule has 744 valence electrons. The van der Waals surface area contributed by atoms with Crippen molar-refractivity contribution in [2.24, 2.45) is 0 Å². The topological polar surface area (TPSA) is 920 Å². The molecule has 35 N–H and O–H groups in total. The summed E-state index contributed by atoms with van der Waals surface area (Å²) in [7, 11) is 0. The van der Waals surface area contributed by atoms with Crippen molar-refractivity contribution in [1.82, 2.24) is 10.6 Å². The second kappa shape index (κ2) is 45.8. The molecule has 11 fully saturated rings. The van der Waals surface area contributed by atoms with Gasteiger partial charge >= 0.3 is 0 Å². The molecule has 0 bridgehead atoms. The van der Waals surface area contributed by atoms with Crippen molar-refractivity contribution in [3.05, 3.63) is 0 Å². The second-order valence-corrected chi connectivity index (χ2v) is 32.3. The van der Waals surface area contributed by atoms with Crippen molar-refractivity contribution in [2.45, 2.75) is 351 Å². The molecule has 0 radical (unpaired) electrons. The highest BCUT2D eigenvalue weighted by atomic mass is 16.8. The van der Waals surface area contributed by atoms with Gasteiger partial charge < -0.3 is 279 Å². The fourth-order valence-electron chi connectivity index (χ4n) is 16.6. The molecule has 0 aromatic heterocycles. The van der Waals surface area contributed by atoms with Gasteiger partial charge in [0.1, 0.15) is 268 Å². The third-order valence-electron chi connectivity index (χ3n) is 23.8. The number of ether oxygens (including phenoxy) is 21. The molecule has 11 aliphatic rings. The van der Waals surface area contributed by atoms with E-state index in [1.54, 1.807) is 0 Å². The fraction of sp³-hybridized carbons (Fsp3) is 0.971. The number of rotatable bonds is 33. The zero-order chi connectivity index (χ0) is 94.0. The first-order chi connectivity index (χ1) is 60.7. The summed E-state index contributed by atoms with van der Waals surface area (Å²) in [6, 6.07) is -3.66. The van der Waals surface area contributed by atoms with E-state index in [1.807, 2.05) is 0 Å². The molecule has 0 saturated carbocycles. The predicted molar refractivity (Wildman–Crippen MR) is 386 cm³/mol. The van der Waals surface area contributed by atoms with E-state index in [4.69, 9.17) is 99.5 Å². The lowest BCUT2D eigenvalue weighted by molar-refractivity contribution is -0.412. The van der Waals surface area contributed by atoms with Crippen LogP contribution in [-0.4, -0.2) is 591 Å². The maximum absolute atomic E-state index is 13.1. The van der Waals surface area contributed by atoms with Crippen LogP contribution in [0.4, 0.5) is 0 Å². The van der Waals surface area contributed by atoms with Crippen LogP contribution in [0.25, 0.3) is 0 Å². The molecule has 0 unspecified atom stereocenters. The third-order valence-corrected chi connectivity index (χ3v) is 23.8. The van der Waals surface area contributed by atoms with Gasteiger partial charge in [-0.3, -0.25) is 9.59 Å². The summed E-state index contributed by atoms with van der Waals surface area (Å²) in [5.41, 5.74) is 0. The number of amides is 2. The van der Waals surface area contributed by atoms with Crippen LogP contribution in [0, 0.1) is 0 Å². The molecule has 11 saturated heterocycles. The minimum Gasteiger partial charge on any atom is -0.394 e. The van der Waals surface area contributed by atoms with Crippen LogP contribution >= 0.6 is 0 Å². The Morgan fingerprint density at radius 3 is 0.758 bits per heavy atom. The van der Waals surface area contributed by atoms with E-state index < -0.39 is 422 Å². The minimum absolute atomic E-state index is 0.814. The van der Waals surface area contributed by atoms with Gasteiger partial charge in [0.25, 0.3) is 0 Å². The quantitative estimate of drug-likeness (QED) is 0.0290. The number of hydrogen-bond acceptors (Lipinski definition) is 56. The summed E-state index contributed by atoms with van der Waals surface area (Å²) in [6.07, 6.45) is -116. The molecule has 55 atom stereocenters. The Labute approximate surface area is 722 Å². The van der Waals surface area contributed by atoms with Gasteiger partial charge in [0.2, 0.25) is 11.8 Å².